The van der Waals surface area contributed by atoms with E-state index in [1.807, 2.05) is 18.2 Å². The first kappa shape index (κ1) is 32.7. The number of fused-ring (bicyclic) bond motifs is 3. The third-order valence-corrected chi connectivity index (χ3v) is 7.36. The summed E-state index contributed by atoms with van der Waals surface area (Å²) in [5.41, 5.74) is 0.732. The second kappa shape index (κ2) is 16.1. The van der Waals surface area contributed by atoms with Gasteiger partial charge in [0.05, 0.1) is 59.0 Å². The van der Waals surface area contributed by atoms with Crippen LogP contribution in [0.1, 0.15) is 25.3 Å². The van der Waals surface area contributed by atoms with E-state index in [1.54, 1.807) is 0 Å². The highest BCUT2D eigenvalue weighted by molar-refractivity contribution is 6.01. The maximum Gasteiger partial charge on any atom is 0.305 e. The minimum Gasteiger partial charge on any atom is -0.456 e. The van der Waals surface area contributed by atoms with Crippen molar-refractivity contribution in [3.8, 4) is 17.1 Å². The zero-order valence-corrected chi connectivity index (χ0v) is 25.0. The van der Waals surface area contributed by atoms with E-state index >= 15 is 4.39 Å². The van der Waals surface area contributed by atoms with E-state index in [-0.39, 0.29) is 29.1 Å². The smallest absolute Gasteiger partial charge is 0.305 e. The van der Waals surface area contributed by atoms with Crippen molar-refractivity contribution in [2.75, 3.05) is 66.3 Å². The van der Waals surface area contributed by atoms with Crippen LogP contribution >= 0.6 is 0 Å². The van der Waals surface area contributed by atoms with Crippen LogP contribution in [0.15, 0.2) is 51.7 Å². The predicted octanol–water partition coefficient (Wildman–Crippen LogP) is 4.89. The summed E-state index contributed by atoms with van der Waals surface area (Å²) in [5, 5.41) is 0.325. The Balaban J connectivity index is 1.48. The Kier molecular flexibility index (Phi) is 11.7. The summed E-state index contributed by atoms with van der Waals surface area (Å²) in [5.74, 6) is -2.40. The van der Waals surface area contributed by atoms with Gasteiger partial charge in [0.25, 0.3) is 0 Å². The Morgan fingerprint density at radius 2 is 1.58 bits per heavy atom. The molecule has 0 aromatic heterocycles. The number of rotatable bonds is 4. The van der Waals surface area contributed by atoms with E-state index in [1.165, 1.54) is 19.1 Å². The zero-order valence-electron chi connectivity index (χ0n) is 25.0. The summed E-state index contributed by atoms with van der Waals surface area (Å²) in [6.07, 6.45) is 7.00. The number of halogens is 2. The molecule has 2 aliphatic carbocycles. The molecular weight excluding hydrogens is 594 g/mol. The molecule has 0 N–H and O–H groups in total. The topological polar surface area (TPSA) is 112 Å². The molecular formula is C33H36F2O10. The summed E-state index contributed by atoms with van der Waals surface area (Å²) in [7, 11) is 0. The highest BCUT2D eigenvalue weighted by Gasteiger charge is 2.27. The number of carbonyl (C=O) groups is 1. The fraction of sp³-hybridized carbons (Fsp3) is 0.455. The average Bonchev–Trinajstić information content (AvgIpc) is 3.01. The highest BCUT2D eigenvalue weighted by atomic mass is 19.1. The molecule has 2 heterocycles. The lowest BCUT2D eigenvalue weighted by molar-refractivity contribution is -0.147. The van der Waals surface area contributed by atoms with Crippen LogP contribution in [-0.2, 0) is 33.2 Å². The van der Waals surface area contributed by atoms with E-state index in [4.69, 9.17) is 37.6 Å². The van der Waals surface area contributed by atoms with Gasteiger partial charge in [-0.05, 0) is 36.6 Å². The minimum absolute atomic E-state index is 0.00439. The Bertz CT molecular complexity index is 1550. The monoisotopic (exact) mass is 630 g/mol. The number of hydrogen-bond acceptors (Lipinski definition) is 10. The number of ether oxygens (including phenoxy) is 7. The SMILES string of the molecule is CC(=O)OCOc1cc2oc3cc(=O)c(F)cc-3c(C3=CC4OCCOCCOCCOCCOCCCC4C=C3)c2cc1F. The van der Waals surface area contributed by atoms with Crippen LogP contribution in [0.4, 0.5) is 8.78 Å². The third-order valence-electron chi connectivity index (χ3n) is 7.36. The van der Waals surface area contributed by atoms with Crippen molar-refractivity contribution in [1.29, 1.82) is 0 Å². The van der Waals surface area contributed by atoms with Gasteiger partial charge in [0.1, 0.15) is 11.3 Å². The van der Waals surface area contributed by atoms with Crippen molar-refractivity contribution in [1.82, 2.24) is 0 Å². The molecule has 1 aromatic carbocycles. The van der Waals surface area contributed by atoms with Crippen molar-refractivity contribution < 1.29 is 51.2 Å². The van der Waals surface area contributed by atoms with Crippen molar-refractivity contribution in [2.24, 2.45) is 5.92 Å². The van der Waals surface area contributed by atoms with E-state index < -0.39 is 29.8 Å². The van der Waals surface area contributed by atoms with E-state index in [9.17, 15) is 14.0 Å². The zero-order chi connectivity index (χ0) is 31.6. The van der Waals surface area contributed by atoms with Crippen molar-refractivity contribution >= 4 is 22.5 Å². The molecule has 2 aliphatic heterocycles. The number of benzene rings is 2. The van der Waals surface area contributed by atoms with Crippen LogP contribution in [0.3, 0.4) is 0 Å². The average molecular weight is 631 g/mol. The molecule has 1 saturated heterocycles. The molecule has 1 fully saturated rings. The van der Waals surface area contributed by atoms with Gasteiger partial charge in [0.15, 0.2) is 17.4 Å². The van der Waals surface area contributed by atoms with Gasteiger partial charge in [-0.15, -0.1) is 0 Å². The van der Waals surface area contributed by atoms with E-state index in [0.29, 0.717) is 81.5 Å². The van der Waals surface area contributed by atoms with Gasteiger partial charge in [-0.25, -0.2) is 8.78 Å². The molecule has 5 rings (SSSR count). The highest BCUT2D eigenvalue weighted by Crippen LogP contribution is 2.42. The molecule has 0 radical (unpaired) electrons. The molecule has 10 nitrogen and oxygen atoms in total. The van der Waals surface area contributed by atoms with Crippen LogP contribution in [-0.4, -0.2) is 78.3 Å². The molecule has 45 heavy (non-hydrogen) atoms. The molecule has 0 spiro atoms. The molecule has 2 atom stereocenters. The Morgan fingerprint density at radius 3 is 2.29 bits per heavy atom. The second-order valence-corrected chi connectivity index (χ2v) is 10.5. The van der Waals surface area contributed by atoms with Crippen molar-refractivity contribution in [2.45, 2.75) is 25.9 Å². The lowest BCUT2D eigenvalue weighted by Gasteiger charge is -2.28. The molecule has 0 saturated carbocycles. The van der Waals surface area contributed by atoms with Crippen LogP contribution in [0.2, 0.25) is 0 Å². The van der Waals surface area contributed by atoms with Crippen LogP contribution in [0.25, 0.3) is 27.9 Å². The van der Waals surface area contributed by atoms with Gasteiger partial charge in [-0.3, -0.25) is 9.59 Å². The van der Waals surface area contributed by atoms with Crippen LogP contribution < -0.4 is 10.2 Å². The molecule has 12 heteroatoms. The molecule has 0 amide bonds. The number of allylic oxidation sites excluding steroid dienone is 2. The molecule has 4 aliphatic rings. The molecule has 2 unspecified atom stereocenters. The summed E-state index contributed by atoms with van der Waals surface area (Å²) < 4.78 is 74.6. The summed E-state index contributed by atoms with van der Waals surface area (Å²) in [4.78, 5) is 23.3. The summed E-state index contributed by atoms with van der Waals surface area (Å²) in [6, 6.07) is 4.68. The largest absolute Gasteiger partial charge is 0.456 e. The maximum absolute atomic E-state index is 15.3. The van der Waals surface area contributed by atoms with Gasteiger partial charge >= 0.3 is 5.97 Å². The molecule has 1 aromatic rings. The minimum atomic E-state index is -0.961. The van der Waals surface area contributed by atoms with Crippen molar-refractivity contribution in [3.63, 3.8) is 0 Å². The Hall–Kier alpha value is -3.68. The molecule has 0 bridgehead atoms. The second-order valence-electron chi connectivity index (χ2n) is 10.5. The first-order valence-electron chi connectivity index (χ1n) is 14.9. The summed E-state index contributed by atoms with van der Waals surface area (Å²) in [6.45, 7) is 4.73. The first-order chi connectivity index (χ1) is 21.9. The fourth-order valence-corrected chi connectivity index (χ4v) is 5.21. The lowest BCUT2D eigenvalue weighted by atomic mass is 9.85. The van der Waals surface area contributed by atoms with E-state index in [0.717, 1.165) is 25.0 Å². The van der Waals surface area contributed by atoms with Crippen LogP contribution in [0, 0.1) is 17.6 Å². The normalized spacial score (nSPS) is 21.0. The fourth-order valence-electron chi connectivity index (χ4n) is 5.21. The lowest BCUT2D eigenvalue weighted by Crippen LogP contribution is -2.26. The van der Waals surface area contributed by atoms with Gasteiger partial charge in [-0.1, -0.05) is 12.2 Å². The molecule has 242 valence electrons. The quantitative estimate of drug-likeness (QED) is 0.224. The van der Waals surface area contributed by atoms with Gasteiger partial charge in [-0.2, -0.15) is 0 Å². The van der Waals surface area contributed by atoms with Gasteiger partial charge < -0.3 is 37.6 Å². The van der Waals surface area contributed by atoms with Gasteiger partial charge in [0.2, 0.25) is 12.2 Å². The number of carbonyl (C=O) groups excluding carboxylic acids is 1. The van der Waals surface area contributed by atoms with Crippen LogP contribution in [0.5, 0.6) is 5.75 Å². The standard InChI is InChI=1S/C33H36F2O10/c1-21(36)43-20-44-32-19-31-25(17-27(32)35)33(24-16-26(34)28(37)18-30(24)45-31)23-5-4-22-3-2-6-38-7-8-39-9-10-40-11-12-41-13-14-42-29(22)15-23/h4-5,15-19,22,29H,2-3,6-14,20H2,1H3. The first-order valence-corrected chi connectivity index (χ1v) is 14.9. The third kappa shape index (κ3) is 8.74. The van der Waals surface area contributed by atoms with E-state index in [2.05, 4.69) is 0 Å². The Labute approximate surface area is 258 Å². The summed E-state index contributed by atoms with van der Waals surface area (Å²) >= 11 is 0. The predicted molar refractivity (Wildman–Crippen MR) is 159 cm³/mol. The Morgan fingerprint density at radius 1 is 0.889 bits per heavy atom. The van der Waals surface area contributed by atoms with Gasteiger partial charge in [0, 0.05) is 48.1 Å². The number of esters is 1. The van der Waals surface area contributed by atoms with Crippen molar-refractivity contribution in [3.05, 3.63) is 69.9 Å². The number of hydrogen-bond donors (Lipinski definition) is 0. The maximum atomic E-state index is 15.3.